The van der Waals surface area contributed by atoms with Crippen LogP contribution < -0.4 is 0 Å². The normalized spacial score (nSPS) is 14.4. The van der Waals surface area contributed by atoms with Crippen molar-refractivity contribution in [3.8, 4) is 0 Å². The van der Waals surface area contributed by atoms with Gasteiger partial charge in [0.25, 0.3) is 5.91 Å². The minimum Gasteiger partial charge on any atom is -0.273 e. The van der Waals surface area contributed by atoms with Crippen LogP contribution in [0.3, 0.4) is 0 Å². The second-order valence-corrected chi connectivity index (χ2v) is 8.60. The molecule has 2 aromatic rings. The molecule has 3 rings (SSSR count). The van der Waals surface area contributed by atoms with Crippen molar-refractivity contribution >= 4 is 21.7 Å². The maximum atomic E-state index is 12.7. The number of hydrazine groups is 1. The Kier molecular flexibility index (Phi) is 5.27. The van der Waals surface area contributed by atoms with E-state index in [0.29, 0.717) is 30.6 Å². The van der Waals surface area contributed by atoms with Gasteiger partial charge in [-0.3, -0.25) is 19.6 Å². The lowest BCUT2D eigenvalue weighted by Crippen LogP contribution is -2.45. The van der Waals surface area contributed by atoms with Crippen molar-refractivity contribution < 1.29 is 18.0 Å². The lowest BCUT2D eigenvalue weighted by molar-refractivity contribution is -0.139. The Labute approximate surface area is 158 Å². The van der Waals surface area contributed by atoms with Gasteiger partial charge in [-0.15, -0.1) is 0 Å². The predicted molar refractivity (Wildman–Crippen MR) is 99.6 cm³/mol. The van der Waals surface area contributed by atoms with E-state index in [1.165, 1.54) is 28.3 Å². The Hall–Kier alpha value is -2.74. The Morgan fingerprint density at radius 1 is 1.04 bits per heavy atom. The molecular formula is C19H21N3O4S. The zero-order chi connectivity index (χ0) is 19.6. The summed E-state index contributed by atoms with van der Waals surface area (Å²) in [5.41, 5.74) is 1.96. The Balaban J connectivity index is 1.72. The molecule has 0 atom stereocenters. The first-order valence-electron chi connectivity index (χ1n) is 8.59. The molecule has 0 bridgehead atoms. The van der Waals surface area contributed by atoms with Crippen LogP contribution in [0.1, 0.15) is 28.0 Å². The number of carbonyl (C=O) groups excluding carboxylic acids is 2. The summed E-state index contributed by atoms with van der Waals surface area (Å²) in [5.74, 6) is -0.450. The van der Waals surface area contributed by atoms with Crippen LogP contribution >= 0.6 is 0 Å². The standard InChI is InChI=1S/C19H21N3O4S/c1-14-4-7-16(13-20-14)19(24)22-11-3-10-21(22)18(23)12-15-5-8-17(9-6-15)27(2,25)26/h4-9,13H,3,10-12H2,1-2H3. The number of aromatic nitrogens is 1. The average molecular weight is 387 g/mol. The van der Waals surface area contributed by atoms with Gasteiger partial charge in [0.15, 0.2) is 9.84 Å². The number of nitrogens with zero attached hydrogens (tertiary/aromatic N) is 3. The molecule has 0 aliphatic carbocycles. The zero-order valence-electron chi connectivity index (χ0n) is 15.3. The highest BCUT2D eigenvalue weighted by atomic mass is 32.2. The van der Waals surface area contributed by atoms with Crippen molar-refractivity contribution in [2.45, 2.75) is 24.7 Å². The molecule has 27 heavy (non-hydrogen) atoms. The van der Waals surface area contributed by atoms with Crippen LogP contribution in [0, 0.1) is 6.92 Å². The summed E-state index contributed by atoms with van der Waals surface area (Å²) in [4.78, 5) is 29.7. The summed E-state index contributed by atoms with van der Waals surface area (Å²) in [6.07, 6.45) is 3.47. The second kappa shape index (κ2) is 7.48. The molecule has 2 amide bonds. The maximum Gasteiger partial charge on any atom is 0.274 e. The van der Waals surface area contributed by atoms with Crippen LogP contribution in [0.25, 0.3) is 0 Å². The Morgan fingerprint density at radius 3 is 2.30 bits per heavy atom. The van der Waals surface area contributed by atoms with E-state index in [4.69, 9.17) is 0 Å². The molecule has 1 aromatic heterocycles. The molecule has 0 spiro atoms. The third kappa shape index (κ3) is 4.33. The predicted octanol–water partition coefficient (Wildman–Crippen LogP) is 1.63. The van der Waals surface area contributed by atoms with Gasteiger partial charge in [0.1, 0.15) is 0 Å². The van der Waals surface area contributed by atoms with Crippen LogP contribution in [-0.2, 0) is 21.1 Å². The Bertz CT molecular complexity index is 953. The van der Waals surface area contributed by atoms with E-state index in [1.807, 2.05) is 6.92 Å². The second-order valence-electron chi connectivity index (χ2n) is 6.58. The monoisotopic (exact) mass is 387 g/mol. The Morgan fingerprint density at radius 2 is 1.70 bits per heavy atom. The summed E-state index contributed by atoms with van der Waals surface area (Å²) in [5, 5.41) is 2.92. The molecule has 1 fully saturated rings. The summed E-state index contributed by atoms with van der Waals surface area (Å²) in [6.45, 7) is 2.80. The number of hydrogen-bond donors (Lipinski definition) is 0. The molecule has 1 aliphatic heterocycles. The van der Waals surface area contributed by atoms with Gasteiger partial charge in [-0.05, 0) is 43.2 Å². The summed E-state index contributed by atoms with van der Waals surface area (Å²) < 4.78 is 23.0. The highest BCUT2D eigenvalue weighted by molar-refractivity contribution is 7.90. The van der Waals surface area contributed by atoms with E-state index in [-0.39, 0.29) is 23.1 Å². The topological polar surface area (TPSA) is 87.7 Å². The molecule has 7 nitrogen and oxygen atoms in total. The fraction of sp³-hybridized carbons (Fsp3) is 0.316. The number of rotatable bonds is 4. The molecule has 0 N–H and O–H groups in total. The first-order chi connectivity index (χ1) is 12.8. The van der Waals surface area contributed by atoms with Gasteiger partial charge >= 0.3 is 0 Å². The number of sulfone groups is 1. The van der Waals surface area contributed by atoms with Crippen LogP contribution in [0.5, 0.6) is 0 Å². The first-order valence-corrected chi connectivity index (χ1v) is 10.5. The third-order valence-electron chi connectivity index (χ3n) is 4.42. The van der Waals surface area contributed by atoms with Crippen molar-refractivity contribution in [3.63, 3.8) is 0 Å². The van der Waals surface area contributed by atoms with Gasteiger partial charge in [-0.1, -0.05) is 12.1 Å². The fourth-order valence-corrected chi connectivity index (χ4v) is 3.58. The molecule has 8 heteroatoms. The highest BCUT2D eigenvalue weighted by Gasteiger charge is 2.31. The van der Waals surface area contributed by atoms with Crippen molar-refractivity contribution in [1.29, 1.82) is 0 Å². The molecular weight excluding hydrogens is 366 g/mol. The molecule has 142 valence electrons. The number of benzene rings is 1. The fourth-order valence-electron chi connectivity index (χ4n) is 2.95. The van der Waals surface area contributed by atoms with Crippen molar-refractivity contribution in [2.75, 3.05) is 19.3 Å². The van der Waals surface area contributed by atoms with Gasteiger partial charge in [0.05, 0.1) is 16.9 Å². The van der Waals surface area contributed by atoms with Crippen LogP contribution in [0.2, 0.25) is 0 Å². The molecule has 2 heterocycles. The van der Waals surface area contributed by atoms with E-state index in [1.54, 1.807) is 24.3 Å². The highest BCUT2D eigenvalue weighted by Crippen LogP contribution is 2.18. The lowest BCUT2D eigenvalue weighted by Gasteiger charge is -2.28. The molecule has 1 aromatic carbocycles. The molecule has 0 saturated carbocycles. The first kappa shape index (κ1) is 19.0. The SMILES string of the molecule is Cc1ccc(C(=O)N2CCCN2C(=O)Cc2ccc(S(C)(=O)=O)cc2)cn1. The van der Waals surface area contributed by atoms with Crippen molar-refractivity contribution in [2.24, 2.45) is 0 Å². The average Bonchev–Trinajstić information content (AvgIpc) is 3.11. The van der Waals surface area contributed by atoms with Crippen LogP contribution in [0.4, 0.5) is 0 Å². The van der Waals surface area contributed by atoms with E-state index >= 15 is 0 Å². The number of carbonyl (C=O) groups is 2. The smallest absolute Gasteiger partial charge is 0.273 e. The summed E-state index contributed by atoms with van der Waals surface area (Å²) in [6, 6.07) is 9.70. The minimum atomic E-state index is -3.27. The summed E-state index contributed by atoms with van der Waals surface area (Å²) >= 11 is 0. The third-order valence-corrected chi connectivity index (χ3v) is 5.55. The quantitative estimate of drug-likeness (QED) is 0.796. The number of aryl methyl sites for hydroxylation is 1. The zero-order valence-corrected chi connectivity index (χ0v) is 16.1. The van der Waals surface area contributed by atoms with Crippen LogP contribution in [-0.4, -0.2) is 54.6 Å². The molecule has 0 unspecified atom stereocenters. The van der Waals surface area contributed by atoms with Gasteiger partial charge < -0.3 is 0 Å². The summed E-state index contributed by atoms with van der Waals surface area (Å²) in [7, 11) is -3.27. The van der Waals surface area contributed by atoms with E-state index in [2.05, 4.69) is 4.98 Å². The van der Waals surface area contributed by atoms with Gasteiger partial charge in [0.2, 0.25) is 5.91 Å². The molecule has 1 saturated heterocycles. The molecule has 0 radical (unpaired) electrons. The number of pyridine rings is 1. The van der Waals surface area contributed by atoms with E-state index in [0.717, 1.165) is 11.9 Å². The van der Waals surface area contributed by atoms with Gasteiger partial charge in [-0.25, -0.2) is 13.4 Å². The number of hydrogen-bond acceptors (Lipinski definition) is 5. The molecule has 1 aliphatic rings. The van der Waals surface area contributed by atoms with E-state index in [9.17, 15) is 18.0 Å². The van der Waals surface area contributed by atoms with Gasteiger partial charge in [-0.2, -0.15) is 0 Å². The van der Waals surface area contributed by atoms with E-state index < -0.39 is 9.84 Å². The maximum absolute atomic E-state index is 12.7. The van der Waals surface area contributed by atoms with Crippen LogP contribution in [0.15, 0.2) is 47.5 Å². The number of amides is 2. The van der Waals surface area contributed by atoms with Crippen molar-refractivity contribution in [3.05, 3.63) is 59.4 Å². The van der Waals surface area contributed by atoms with Crippen molar-refractivity contribution in [1.82, 2.24) is 15.0 Å². The minimum absolute atomic E-state index is 0.0972. The largest absolute Gasteiger partial charge is 0.274 e. The van der Waals surface area contributed by atoms with Gasteiger partial charge in [0, 0.05) is 31.2 Å². The lowest BCUT2D eigenvalue weighted by atomic mass is 10.1.